The van der Waals surface area contributed by atoms with E-state index in [4.69, 9.17) is 4.98 Å². The topological polar surface area (TPSA) is 46.5 Å². The molecule has 42 heavy (non-hydrogen) atoms. The Kier molecular flexibility index (Phi) is 10.8. The molecule has 0 atom stereocenters. The largest absolute Gasteiger partial charge is 0.338 e. The molecule has 0 amide bonds. The molecule has 0 radical (unpaired) electrons. The molecule has 0 bridgehead atoms. The SMILES string of the molecule is C.CC(C)(C)c1ccc(-c2nc3ccccc3[nH]2)cc1.CI.Cn1c(-c2ccc(C(C)(C)C)cc2)nc2ccccc21. The number of para-hydroxylation sites is 4. The van der Waals surface area contributed by atoms with Gasteiger partial charge in [0.05, 0.1) is 22.1 Å². The molecule has 0 aliphatic heterocycles. The molecule has 6 rings (SSSR count). The summed E-state index contributed by atoms with van der Waals surface area (Å²) in [6, 6.07) is 33.7. The van der Waals surface area contributed by atoms with Crippen molar-refractivity contribution in [2.24, 2.45) is 7.05 Å². The van der Waals surface area contributed by atoms with E-state index in [0.717, 1.165) is 39.3 Å². The van der Waals surface area contributed by atoms with Crippen LogP contribution in [0.5, 0.6) is 0 Å². The van der Waals surface area contributed by atoms with Gasteiger partial charge in [-0.2, -0.15) is 0 Å². The van der Waals surface area contributed by atoms with Crippen LogP contribution in [-0.4, -0.2) is 24.4 Å². The monoisotopic (exact) mass is 672 g/mol. The molecule has 4 aromatic carbocycles. The quantitative estimate of drug-likeness (QED) is 0.147. The van der Waals surface area contributed by atoms with Crippen LogP contribution in [0.3, 0.4) is 0 Å². The van der Waals surface area contributed by atoms with Crippen molar-refractivity contribution in [3.05, 3.63) is 108 Å². The van der Waals surface area contributed by atoms with Crippen molar-refractivity contribution in [2.45, 2.75) is 59.8 Å². The lowest BCUT2D eigenvalue weighted by atomic mass is 9.86. The Bertz CT molecular complexity index is 1680. The summed E-state index contributed by atoms with van der Waals surface area (Å²) >= 11 is 2.15. The molecule has 0 fully saturated rings. The summed E-state index contributed by atoms with van der Waals surface area (Å²) in [6.07, 6.45) is 0. The average molecular weight is 673 g/mol. The van der Waals surface area contributed by atoms with Crippen LogP contribution in [-0.2, 0) is 17.9 Å². The summed E-state index contributed by atoms with van der Waals surface area (Å²) in [5, 5.41) is 0. The van der Waals surface area contributed by atoms with Gasteiger partial charge in [-0.3, -0.25) is 0 Å². The second kappa shape index (κ2) is 13.7. The molecule has 0 aliphatic carbocycles. The zero-order valence-corrected chi connectivity index (χ0v) is 27.6. The molecule has 0 unspecified atom stereocenters. The van der Waals surface area contributed by atoms with Crippen LogP contribution in [0, 0.1) is 0 Å². The predicted molar refractivity (Wildman–Crippen MR) is 192 cm³/mol. The molecule has 0 saturated carbocycles. The van der Waals surface area contributed by atoms with E-state index in [0.29, 0.717) is 0 Å². The molecule has 0 spiro atoms. The number of fused-ring (bicyclic) bond motifs is 2. The normalized spacial score (nSPS) is 11.3. The molecular formula is C37H45IN4. The highest BCUT2D eigenvalue weighted by Gasteiger charge is 2.15. The Morgan fingerprint density at radius 2 is 1.07 bits per heavy atom. The molecule has 1 N–H and O–H groups in total. The highest BCUT2D eigenvalue weighted by molar-refractivity contribution is 14.1. The van der Waals surface area contributed by atoms with E-state index in [9.17, 15) is 0 Å². The fourth-order valence-electron chi connectivity index (χ4n) is 4.74. The fourth-order valence-corrected chi connectivity index (χ4v) is 4.74. The number of hydrogen-bond donors (Lipinski definition) is 1. The Morgan fingerprint density at radius 1 is 0.595 bits per heavy atom. The van der Waals surface area contributed by atoms with Crippen molar-refractivity contribution >= 4 is 44.7 Å². The van der Waals surface area contributed by atoms with E-state index in [-0.39, 0.29) is 18.3 Å². The number of aryl methyl sites for hydroxylation is 1. The maximum absolute atomic E-state index is 4.74. The van der Waals surface area contributed by atoms with Gasteiger partial charge in [0.1, 0.15) is 11.6 Å². The van der Waals surface area contributed by atoms with Gasteiger partial charge >= 0.3 is 0 Å². The molecule has 2 heterocycles. The predicted octanol–water partition coefficient (Wildman–Crippen LogP) is 10.8. The van der Waals surface area contributed by atoms with Crippen LogP contribution in [0.2, 0.25) is 0 Å². The van der Waals surface area contributed by atoms with Crippen LogP contribution in [0.4, 0.5) is 0 Å². The Labute approximate surface area is 265 Å². The summed E-state index contributed by atoms with van der Waals surface area (Å²) < 4.78 is 2.15. The Balaban J connectivity index is 0.000000213. The van der Waals surface area contributed by atoms with Crippen molar-refractivity contribution in [1.29, 1.82) is 0 Å². The van der Waals surface area contributed by atoms with Crippen LogP contribution in [0.25, 0.3) is 44.8 Å². The first-order chi connectivity index (χ1) is 19.5. The van der Waals surface area contributed by atoms with Gasteiger partial charge in [-0.25, -0.2) is 9.97 Å². The first-order valence-corrected chi connectivity index (χ1v) is 16.1. The van der Waals surface area contributed by atoms with E-state index in [1.54, 1.807) is 0 Å². The van der Waals surface area contributed by atoms with Crippen LogP contribution in [0.15, 0.2) is 97.1 Å². The van der Waals surface area contributed by atoms with Gasteiger partial charge < -0.3 is 9.55 Å². The zero-order chi connectivity index (χ0) is 29.8. The minimum atomic E-state index is 0. The minimum absolute atomic E-state index is 0. The third-order valence-corrected chi connectivity index (χ3v) is 7.21. The summed E-state index contributed by atoms with van der Waals surface area (Å²) in [4.78, 5) is 14.7. The lowest BCUT2D eigenvalue weighted by molar-refractivity contribution is 0.590. The number of H-pyrrole nitrogens is 1. The number of nitrogens with one attached hydrogen (secondary N) is 1. The number of hydrogen-bond acceptors (Lipinski definition) is 2. The molecule has 6 aromatic rings. The lowest BCUT2D eigenvalue weighted by Crippen LogP contribution is -2.10. The summed E-state index contributed by atoms with van der Waals surface area (Å²) in [5.41, 5.74) is 9.66. The zero-order valence-electron chi connectivity index (χ0n) is 25.5. The van der Waals surface area contributed by atoms with Crippen LogP contribution < -0.4 is 0 Å². The van der Waals surface area contributed by atoms with Crippen molar-refractivity contribution in [3.8, 4) is 22.8 Å². The molecule has 2 aromatic heterocycles. The highest BCUT2D eigenvalue weighted by Crippen LogP contribution is 2.28. The van der Waals surface area contributed by atoms with E-state index in [1.165, 1.54) is 16.6 Å². The molecule has 5 heteroatoms. The smallest absolute Gasteiger partial charge is 0.140 e. The number of aromatic nitrogens is 4. The van der Waals surface area contributed by atoms with Crippen molar-refractivity contribution in [1.82, 2.24) is 19.5 Å². The number of imidazole rings is 2. The standard InChI is InChI=1S/C18H20N2.C17H18N2.CH3I.CH4/c1-18(2,3)14-11-9-13(10-12-14)17-19-15-7-5-6-8-16(15)20(17)4;1-17(2,3)13-10-8-12(9-11-13)16-18-14-6-4-5-7-15(14)19-16;1-2;/h5-12H,1-4H3;4-11H,1-3H3,(H,18,19);1H3;1H4. The third kappa shape index (κ3) is 7.49. The number of nitrogens with zero attached hydrogens (tertiary/aromatic N) is 3. The number of alkyl halides is 1. The van der Waals surface area contributed by atoms with Gasteiger partial charge in [-0.05, 0) is 51.2 Å². The summed E-state index contributed by atoms with van der Waals surface area (Å²) in [6.45, 7) is 13.4. The molecule has 4 nitrogen and oxygen atoms in total. The maximum Gasteiger partial charge on any atom is 0.140 e. The second-order valence-electron chi connectivity index (χ2n) is 12.2. The first kappa shape index (κ1) is 33.1. The van der Waals surface area contributed by atoms with Gasteiger partial charge in [-0.15, -0.1) is 0 Å². The lowest BCUT2D eigenvalue weighted by Gasteiger charge is -2.19. The number of halogens is 1. The van der Waals surface area contributed by atoms with Crippen molar-refractivity contribution in [3.63, 3.8) is 0 Å². The Hall–Kier alpha value is -3.45. The van der Waals surface area contributed by atoms with Crippen molar-refractivity contribution in [2.75, 3.05) is 4.93 Å². The van der Waals surface area contributed by atoms with Crippen LogP contribution >= 0.6 is 22.6 Å². The van der Waals surface area contributed by atoms with Crippen molar-refractivity contribution < 1.29 is 0 Å². The van der Waals surface area contributed by atoms with E-state index in [1.807, 2.05) is 29.2 Å². The number of benzene rings is 4. The Morgan fingerprint density at radius 3 is 1.57 bits per heavy atom. The van der Waals surface area contributed by atoms with E-state index >= 15 is 0 Å². The second-order valence-corrected chi connectivity index (χ2v) is 12.2. The summed E-state index contributed by atoms with van der Waals surface area (Å²) in [7, 11) is 2.07. The van der Waals surface area contributed by atoms with Gasteiger partial charge in [0, 0.05) is 18.2 Å². The summed E-state index contributed by atoms with van der Waals surface area (Å²) in [5.74, 6) is 1.95. The molecular weight excluding hydrogens is 627 g/mol. The third-order valence-electron chi connectivity index (χ3n) is 7.21. The molecule has 0 aliphatic rings. The average Bonchev–Trinajstić information content (AvgIpc) is 3.55. The highest BCUT2D eigenvalue weighted by atomic mass is 127. The van der Waals surface area contributed by atoms with Gasteiger partial charge in [-0.1, -0.05) is 144 Å². The molecule has 220 valence electrons. The van der Waals surface area contributed by atoms with Gasteiger partial charge in [0.15, 0.2) is 0 Å². The van der Waals surface area contributed by atoms with Crippen LogP contribution in [0.1, 0.15) is 60.1 Å². The van der Waals surface area contributed by atoms with Gasteiger partial charge in [0.2, 0.25) is 0 Å². The van der Waals surface area contributed by atoms with E-state index in [2.05, 4.69) is 159 Å². The fraction of sp³-hybridized carbons (Fsp3) is 0.297. The first-order valence-electron chi connectivity index (χ1n) is 14.0. The minimum Gasteiger partial charge on any atom is -0.338 e. The van der Waals surface area contributed by atoms with E-state index < -0.39 is 0 Å². The van der Waals surface area contributed by atoms with Gasteiger partial charge in [0.25, 0.3) is 0 Å². The maximum atomic E-state index is 4.74. The number of aromatic amines is 1. The number of rotatable bonds is 2. The molecule has 0 saturated heterocycles.